The van der Waals surface area contributed by atoms with Gasteiger partial charge in [0.15, 0.2) is 0 Å². The Kier molecular flexibility index (Phi) is 7.08. The number of rotatable bonds is 4. The van der Waals surface area contributed by atoms with Crippen molar-refractivity contribution in [1.82, 2.24) is 19.9 Å². The van der Waals surface area contributed by atoms with Crippen molar-refractivity contribution in [2.75, 3.05) is 20.2 Å². The van der Waals surface area contributed by atoms with Gasteiger partial charge in [0.1, 0.15) is 17.2 Å². The van der Waals surface area contributed by atoms with Gasteiger partial charge >= 0.3 is 12.1 Å². The van der Waals surface area contributed by atoms with Crippen molar-refractivity contribution in [3.63, 3.8) is 0 Å². The number of aromatic nitrogens is 3. The van der Waals surface area contributed by atoms with E-state index < -0.39 is 17.7 Å². The number of aromatic amines is 2. The van der Waals surface area contributed by atoms with Gasteiger partial charge in [0.2, 0.25) is 0 Å². The number of carboxylic acid groups (broad SMARTS) is 1. The number of aliphatic carboxylic acids is 1. The molecule has 9 nitrogen and oxygen atoms in total. The van der Waals surface area contributed by atoms with Crippen molar-refractivity contribution in [1.29, 1.82) is 0 Å². The number of benzene rings is 1. The number of carbonyl (C=O) groups is 1. The summed E-state index contributed by atoms with van der Waals surface area (Å²) in [5, 5.41) is 18.8. The molecular formula is C21H23F3N4O5. The molecule has 1 aliphatic rings. The first kappa shape index (κ1) is 24.3. The number of carboxylic acids is 1. The first-order chi connectivity index (χ1) is 15.5. The number of H-pyrrole nitrogens is 2. The maximum absolute atomic E-state index is 12.4. The summed E-state index contributed by atoms with van der Waals surface area (Å²) in [7, 11) is 1.63. The number of halogens is 3. The monoisotopic (exact) mass is 468 g/mol. The van der Waals surface area contributed by atoms with E-state index in [2.05, 4.69) is 19.9 Å². The molecule has 0 spiro atoms. The minimum absolute atomic E-state index is 0.0745. The second-order valence-corrected chi connectivity index (χ2v) is 7.63. The molecule has 1 fully saturated rings. The number of piperidine rings is 1. The molecule has 0 radical (unpaired) electrons. The van der Waals surface area contributed by atoms with Gasteiger partial charge in [-0.15, -0.1) is 0 Å². The number of hydrogen-bond acceptors (Lipinski definition) is 6. The lowest BCUT2D eigenvalue weighted by atomic mass is 9.90. The van der Waals surface area contributed by atoms with Gasteiger partial charge in [0.05, 0.1) is 7.11 Å². The maximum atomic E-state index is 12.4. The molecule has 0 bridgehead atoms. The van der Waals surface area contributed by atoms with Gasteiger partial charge in [0, 0.05) is 48.5 Å². The Bertz CT molecular complexity index is 1150. The Morgan fingerprint density at radius 2 is 1.94 bits per heavy atom. The highest BCUT2D eigenvalue weighted by molar-refractivity contribution is 5.80. The number of hydrogen-bond donors (Lipinski definition) is 4. The SMILES string of the molecule is COc1ccc2[nH]c(=O)c(CN3CCC(O)(c4ncc[nH]4)CC3)cc2c1.O=C(O)C(F)(F)F. The zero-order valence-electron chi connectivity index (χ0n) is 17.6. The standard InChI is InChI=1S/C19H22N4O3.C2HF3O2/c1-26-15-2-3-16-13(11-15)10-14(17(24)22-16)12-23-8-4-19(25,5-9-23)18-20-6-7-21-18;3-2(4,5)1(6)7/h2-3,6-7,10-11,25H,4-5,8-9,12H2,1H3,(H,20,21)(H,22,24);(H,6,7). The Morgan fingerprint density at radius 1 is 1.27 bits per heavy atom. The number of pyridine rings is 1. The molecule has 3 heterocycles. The number of nitrogens with one attached hydrogen (secondary N) is 2. The largest absolute Gasteiger partial charge is 0.497 e. The predicted octanol–water partition coefficient (Wildman–Crippen LogP) is 2.38. The fourth-order valence-electron chi connectivity index (χ4n) is 3.55. The van der Waals surface area contributed by atoms with Gasteiger partial charge in [-0.3, -0.25) is 9.69 Å². The number of alkyl halides is 3. The van der Waals surface area contributed by atoms with Crippen molar-refractivity contribution >= 4 is 16.9 Å². The molecule has 2 aromatic heterocycles. The summed E-state index contributed by atoms with van der Waals surface area (Å²) in [6.07, 6.45) is -0.537. The van der Waals surface area contributed by atoms with Crippen LogP contribution in [0.25, 0.3) is 10.9 Å². The normalized spacial score (nSPS) is 16.2. The van der Waals surface area contributed by atoms with Crippen LogP contribution in [0.1, 0.15) is 24.2 Å². The van der Waals surface area contributed by atoms with Crippen molar-refractivity contribution in [3.8, 4) is 5.75 Å². The molecule has 1 aliphatic heterocycles. The van der Waals surface area contributed by atoms with Crippen molar-refractivity contribution < 1.29 is 32.9 Å². The zero-order valence-corrected chi connectivity index (χ0v) is 17.6. The molecule has 0 unspecified atom stereocenters. The molecule has 1 aromatic carbocycles. The predicted molar refractivity (Wildman–Crippen MR) is 112 cm³/mol. The lowest BCUT2D eigenvalue weighted by Crippen LogP contribution is -2.43. The summed E-state index contributed by atoms with van der Waals surface area (Å²) >= 11 is 0. The highest BCUT2D eigenvalue weighted by Crippen LogP contribution is 2.31. The van der Waals surface area contributed by atoms with E-state index in [1.807, 2.05) is 24.3 Å². The maximum Gasteiger partial charge on any atom is 0.490 e. The van der Waals surface area contributed by atoms with E-state index >= 15 is 0 Å². The number of ether oxygens (including phenoxy) is 1. The molecule has 33 heavy (non-hydrogen) atoms. The Hall–Kier alpha value is -3.38. The summed E-state index contributed by atoms with van der Waals surface area (Å²) in [4.78, 5) is 33.6. The molecule has 0 aliphatic carbocycles. The molecule has 1 saturated heterocycles. The first-order valence-corrected chi connectivity index (χ1v) is 9.96. The summed E-state index contributed by atoms with van der Waals surface area (Å²) in [5.41, 5.74) is 0.525. The molecule has 12 heteroatoms. The first-order valence-electron chi connectivity index (χ1n) is 9.96. The topological polar surface area (TPSA) is 132 Å². The molecule has 4 N–H and O–H groups in total. The van der Waals surface area contributed by atoms with Crippen LogP contribution in [0.5, 0.6) is 5.75 Å². The molecule has 178 valence electrons. The van der Waals surface area contributed by atoms with E-state index in [1.54, 1.807) is 19.5 Å². The third-order valence-corrected chi connectivity index (χ3v) is 5.39. The fourth-order valence-corrected chi connectivity index (χ4v) is 3.55. The highest BCUT2D eigenvalue weighted by atomic mass is 19.4. The van der Waals surface area contributed by atoms with Crippen molar-refractivity contribution in [2.45, 2.75) is 31.2 Å². The van der Waals surface area contributed by atoms with Gasteiger partial charge in [-0.1, -0.05) is 0 Å². The Morgan fingerprint density at radius 3 is 2.48 bits per heavy atom. The molecule has 0 amide bonds. The van der Waals surface area contributed by atoms with Crippen LogP contribution in [0, 0.1) is 0 Å². The summed E-state index contributed by atoms with van der Waals surface area (Å²) in [5.74, 6) is -1.38. The van der Waals surface area contributed by atoms with Gasteiger partial charge in [0.25, 0.3) is 5.56 Å². The summed E-state index contributed by atoms with van der Waals surface area (Å²) in [6, 6.07) is 7.52. The average molecular weight is 468 g/mol. The number of likely N-dealkylation sites (tertiary alicyclic amines) is 1. The second-order valence-electron chi connectivity index (χ2n) is 7.63. The van der Waals surface area contributed by atoms with Crippen LogP contribution in [-0.2, 0) is 16.9 Å². The molecule has 3 aromatic rings. The highest BCUT2D eigenvalue weighted by Gasteiger charge is 2.38. The van der Waals surface area contributed by atoms with Gasteiger partial charge < -0.3 is 24.9 Å². The van der Waals surface area contributed by atoms with E-state index in [0.717, 1.165) is 16.7 Å². The number of fused-ring (bicyclic) bond motifs is 1. The summed E-state index contributed by atoms with van der Waals surface area (Å²) in [6.45, 7) is 1.95. The van der Waals surface area contributed by atoms with Crippen LogP contribution in [0.3, 0.4) is 0 Å². The third kappa shape index (κ3) is 5.90. The minimum Gasteiger partial charge on any atom is -0.497 e. The number of aliphatic hydroxyl groups is 1. The van der Waals surface area contributed by atoms with Crippen molar-refractivity contribution in [2.24, 2.45) is 0 Å². The lowest BCUT2D eigenvalue weighted by Gasteiger charge is -2.36. The number of nitrogens with zero attached hydrogens (tertiary/aromatic N) is 2. The van der Waals surface area contributed by atoms with E-state index in [4.69, 9.17) is 14.6 Å². The zero-order chi connectivity index (χ0) is 24.2. The van der Waals surface area contributed by atoms with E-state index in [9.17, 15) is 23.1 Å². The van der Waals surface area contributed by atoms with Crippen LogP contribution in [0.15, 0.2) is 41.5 Å². The van der Waals surface area contributed by atoms with E-state index in [0.29, 0.717) is 43.9 Å². The van der Waals surface area contributed by atoms with E-state index in [1.165, 1.54) is 0 Å². The molecule has 4 rings (SSSR count). The average Bonchev–Trinajstić information content (AvgIpc) is 3.31. The molecular weight excluding hydrogens is 445 g/mol. The molecule has 0 saturated carbocycles. The smallest absolute Gasteiger partial charge is 0.490 e. The summed E-state index contributed by atoms with van der Waals surface area (Å²) < 4.78 is 37.0. The van der Waals surface area contributed by atoms with Gasteiger partial charge in [-0.05, 0) is 37.1 Å². The fraction of sp³-hybridized carbons (Fsp3) is 0.381. The quantitative estimate of drug-likeness (QED) is 0.462. The van der Waals surface area contributed by atoms with Gasteiger partial charge in [-0.2, -0.15) is 13.2 Å². The third-order valence-electron chi connectivity index (χ3n) is 5.39. The Labute approximate surface area is 185 Å². The van der Waals surface area contributed by atoms with E-state index in [-0.39, 0.29) is 5.56 Å². The van der Waals surface area contributed by atoms with Gasteiger partial charge in [-0.25, -0.2) is 9.78 Å². The van der Waals surface area contributed by atoms with Crippen LogP contribution < -0.4 is 10.3 Å². The lowest BCUT2D eigenvalue weighted by molar-refractivity contribution is -0.192. The van der Waals surface area contributed by atoms with Crippen LogP contribution in [0.4, 0.5) is 13.2 Å². The second kappa shape index (κ2) is 9.63. The molecule has 0 atom stereocenters. The van der Waals surface area contributed by atoms with Crippen molar-refractivity contribution in [3.05, 3.63) is 58.4 Å². The van der Waals surface area contributed by atoms with Crippen LogP contribution >= 0.6 is 0 Å². The minimum atomic E-state index is -5.08. The van der Waals surface area contributed by atoms with Crippen LogP contribution in [0.2, 0.25) is 0 Å². The Balaban J connectivity index is 0.000000383. The van der Waals surface area contributed by atoms with Crippen LogP contribution in [-0.4, -0.2) is 62.4 Å². The number of methoxy groups -OCH3 is 1. The number of imidazole rings is 1.